The van der Waals surface area contributed by atoms with Gasteiger partial charge in [-0.15, -0.1) is 0 Å². The van der Waals surface area contributed by atoms with Gasteiger partial charge in [-0.2, -0.15) is 0 Å². The van der Waals surface area contributed by atoms with Crippen molar-refractivity contribution in [2.75, 3.05) is 0 Å². The average Bonchev–Trinajstić information content (AvgIpc) is 2.71. The Bertz CT molecular complexity index is 654. The predicted molar refractivity (Wildman–Crippen MR) is 98.5 cm³/mol. The van der Waals surface area contributed by atoms with Crippen LogP contribution in [0.25, 0.3) is 0 Å². The molecule has 0 amide bonds. The minimum Gasteiger partial charge on any atom is -0.542 e. The molecular formula is C15H9InO9S3. The minimum absolute atomic E-state index is 0. The maximum absolute atomic E-state index is 10.0. The molecule has 0 N–H and O–H groups in total. The fourth-order valence-corrected chi connectivity index (χ4v) is 2.38. The summed E-state index contributed by atoms with van der Waals surface area (Å²) in [5.74, 6) is -4.27. The molecule has 0 spiro atoms. The van der Waals surface area contributed by atoms with Crippen molar-refractivity contribution in [3.05, 3.63) is 70.0 Å². The van der Waals surface area contributed by atoms with Gasteiger partial charge in [0.1, 0.15) is 17.9 Å². The maximum atomic E-state index is 10.0. The van der Waals surface area contributed by atoms with Gasteiger partial charge in [0.15, 0.2) is 17.3 Å². The largest absolute Gasteiger partial charge is 3.00 e. The molecule has 13 heteroatoms. The Morgan fingerprint density at radius 3 is 0.964 bits per heavy atom. The summed E-state index contributed by atoms with van der Waals surface area (Å²) in [5.41, 5.74) is 0. The fraction of sp³-hybridized carbons (Fsp3) is 0. The van der Waals surface area contributed by atoms with E-state index in [1.807, 2.05) is 0 Å². The van der Waals surface area contributed by atoms with Crippen molar-refractivity contribution in [2.24, 2.45) is 0 Å². The Morgan fingerprint density at radius 1 is 0.607 bits per heavy atom. The van der Waals surface area contributed by atoms with Gasteiger partial charge >= 0.3 is 25.8 Å². The first-order chi connectivity index (χ1) is 12.9. The molecule has 0 unspecified atom stereocenters. The van der Waals surface area contributed by atoms with Crippen molar-refractivity contribution in [1.82, 2.24) is 0 Å². The van der Waals surface area contributed by atoms with Crippen LogP contribution < -0.4 is 15.3 Å². The summed E-state index contributed by atoms with van der Waals surface area (Å²) in [7, 11) is 0. The predicted octanol–water partition coefficient (Wildman–Crippen LogP) is -0.944. The molecule has 0 aromatic rings. The molecule has 0 saturated carbocycles. The van der Waals surface area contributed by atoms with Gasteiger partial charge in [-0.25, -0.2) is 0 Å². The molecule has 0 bridgehead atoms. The van der Waals surface area contributed by atoms with E-state index in [0.29, 0.717) is 0 Å². The van der Waals surface area contributed by atoms with Crippen LogP contribution in [0.4, 0.5) is 0 Å². The van der Waals surface area contributed by atoms with E-state index >= 15 is 0 Å². The van der Waals surface area contributed by atoms with E-state index in [1.165, 1.54) is 18.2 Å². The number of allylic oxidation sites excluding steroid dienone is 6. The summed E-state index contributed by atoms with van der Waals surface area (Å²) in [6, 6.07) is 0. The number of rotatable bonds is 3. The van der Waals surface area contributed by atoms with Crippen molar-refractivity contribution in [1.29, 1.82) is 0 Å². The van der Waals surface area contributed by atoms with Crippen LogP contribution in [0.2, 0.25) is 0 Å². The Balaban J connectivity index is 0.000000384. The van der Waals surface area contributed by atoms with Crippen LogP contribution in [0.1, 0.15) is 0 Å². The molecule has 3 aliphatic heterocycles. The molecule has 0 saturated heterocycles. The monoisotopic (exact) mass is 544 g/mol. The second-order valence-electron chi connectivity index (χ2n) is 3.98. The van der Waals surface area contributed by atoms with E-state index in [9.17, 15) is 29.7 Å². The van der Waals surface area contributed by atoms with E-state index in [2.05, 4.69) is 12.5 Å². The summed E-state index contributed by atoms with van der Waals surface area (Å²) in [4.78, 5) is 30.0. The second-order valence-corrected chi connectivity index (χ2v) is 5.87. The summed E-state index contributed by atoms with van der Waals surface area (Å²) in [5, 5.41) is 34.9. The zero-order valence-corrected chi connectivity index (χ0v) is 19.4. The number of carboxylic acid groups (broad SMARTS) is 3. The van der Waals surface area contributed by atoms with Gasteiger partial charge in [-0.1, -0.05) is 0 Å². The summed E-state index contributed by atoms with van der Waals surface area (Å²) in [6.45, 7) is 0. The second kappa shape index (κ2) is 15.1. The van der Waals surface area contributed by atoms with E-state index in [4.69, 9.17) is 0 Å². The van der Waals surface area contributed by atoms with Crippen molar-refractivity contribution < 1.29 is 42.3 Å². The third kappa shape index (κ3) is 11.1. The molecule has 28 heavy (non-hydrogen) atoms. The third-order valence-corrected chi connectivity index (χ3v) is 3.79. The van der Waals surface area contributed by atoms with Crippen molar-refractivity contribution >= 4 is 79.9 Å². The molecule has 3 aliphatic rings. The molecule has 0 atom stereocenters. The first kappa shape index (κ1) is 26.2. The van der Waals surface area contributed by atoms with Crippen LogP contribution in [-0.2, 0) is 26.9 Å². The molecule has 144 valence electrons. The van der Waals surface area contributed by atoms with Crippen LogP contribution in [0, 0.1) is 0 Å². The van der Waals surface area contributed by atoms with Gasteiger partial charge in [-0.05, 0) is 36.5 Å². The van der Waals surface area contributed by atoms with Crippen molar-refractivity contribution in [3.8, 4) is 0 Å². The molecule has 0 aromatic carbocycles. The Morgan fingerprint density at radius 2 is 0.857 bits per heavy atom. The van der Waals surface area contributed by atoms with Crippen molar-refractivity contribution in [3.63, 3.8) is 0 Å². The summed E-state index contributed by atoms with van der Waals surface area (Å²) < 4.78 is 13.7. The topological polar surface area (TPSA) is 148 Å². The number of aliphatic carboxylic acids is 3. The molecule has 3 rings (SSSR count). The average molecular weight is 544 g/mol. The Kier molecular flexibility index (Phi) is 14.1. The van der Waals surface area contributed by atoms with Crippen LogP contribution >= 0.6 is 36.1 Å². The third-order valence-electron chi connectivity index (χ3n) is 2.16. The molecule has 9 nitrogen and oxygen atoms in total. The van der Waals surface area contributed by atoms with Crippen LogP contribution in [0.5, 0.6) is 0 Å². The molecule has 0 radical (unpaired) electrons. The van der Waals surface area contributed by atoms with Crippen LogP contribution in [-0.4, -0.2) is 43.8 Å². The van der Waals surface area contributed by atoms with Crippen molar-refractivity contribution in [2.45, 2.75) is 0 Å². The zero-order valence-electron chi connectivity index (χ0n) is 13.7. The molecule has 0 fully saturated rings. The smallest absolute Gasteiger partial charge is 0.542 e. The molecule has 0 aliphatic carbocycles. The molecule has 0 aromatic heterocycles. The van der Waals surface area contributed by atoms with E-state index in [1.54, 1.807) is 34.5 Å². The zero-order chi connectivity index (χ0) is 20.1. The van der Waals surface area contributed by atoms with Crippen LogP contribution in [0.15, 0.2) is 70.0 Å². The summed E-state index contributed by atoms with van der Waals surface area (Å²) >= 11 is 2.88. The number of hydrogen-bond donors (Lipinski definition) is 0. The van der Waals surface area contributed by atoms with Gasteiger partial charge in [-0.3, -0.25) is 0 Å². The SMILES string of the molecule is O=C([O-])C1=CC=CSO1.O=C([O-])C1=CC=CSO1.O=C([O-])C1=CC=CSO1.[In+3]. The van der Waals surface area contributed by atoms with Gasteiger partial charge < -0.3 is 42.3 Å². The maximum Gasteiger partial charge on any atom is 3.00 e. The summed E-state index contributed by atoms with van der Waals surface area (Å²) in [6.07, 6.45) is 8.77. The standard InChI is InChI=1S/3C5H4O3S.In/c3*6-5(7)4-2-1-3-9-8-4;/h3*1-3H,(H,6,7);/q;;;+3/p-3. The fourth-order valence-electron chi connectivity index (χ4n) is 1.10. The minimum atomic E-state index is -1.29. The first-order valence-corrected chi connectivity index (χ1v) is 9.07. The van der Waals surface area contributed by atoms with E-state index in [0.717, 1.165) is 36.1 Å². The normalized spacial score (nSPS) is 15.6. The number of carbonyl (C=O) groups excluding carboxylic acids is 3. The van der Waals surface area contributed by atoms with Gasteiger partial charge in [0.2, 0.25) is 0 Å². The number of carboxylic acids is 3. The van der Waals surface area contributed by atoms with Crippen LogP contribution in [0.3, 0.4) is 0 Å². The van der Waals surface area contributed by atoms with E-state index in [-0.39, 0.29) is 43.1 Å². The Hall–Kier alpha value is -1.83. The van der Waals surface area contributed by atoms with Gasteiger partial charge in [0.05, 0.1) is 36.1 Å². The number of hydrogen-bond acceptors (Lipinski definition) is 12. The quantitative estimate of drug-likeness (QED) is 0.404. The van der Waals surface area contributed by atoms with E-state index < -0.39 is 17.9 Å². The van der Waals surface area contributed by atoms with Gasteiger partial charge in [0.25, 0.3) is 0 Å². The molecule has 3 heterocycles. The molecular weight excluding hydrogens is 535 g/mol. The Labute approximate surface area is 191 Å². The first-order valence-electron chi connectivity index (χ1n) is 6.66. The van der Waals surface area contributed by atoms with Gasteiger partial charge in [0, 0.05) is 16.2 Å². The number of carbonyl (C=O) groups is 3.